The number of aromatic nitrogens is 4. The Kier molecular flexibility index (Phi) is 8.90. The molecule has 1 aliphatic heterocycles. The van der Waals surface area contributed by atoms with E-state index in [1.165, 1.54) is 22.8 Å². The largest absolute Gasteiger partial charge is 0.469 e. The molecule has 232 valence electrons. The molecular formula is C30H32F2N6O6. The smallest absolute Gasteiger partial charge is 0.387 e. The average Bonchev–Trinajstić information content (AvgIpc) is 3.25. The molecule has 2 aromatic heterocycles. The minimum atomic E-state index is -2.98. The molecule has 3 heterocycles. The number of carbonyl (C=O) groups excluding carboxylic acids is 2. The van der Waals surface area contributed by atoms with E-state index in [1.807, 2.05) is 17.9 Å². The molecule has 0 aliphatic carbocycles. The second-order valence-electron chi connectivity index (χ2n) is 10.5. The molecule has 0 radical (unpaired) electrons. The van der Waals surface area contributed by atoms with Gasteiger partial charge in [0.05, 0.1) is 31.0 Å². The number of nitrogens with zero attached hydrogens (tertiary/aromatic N) is 6. The molecule has 2 aromatic carbocycles. The number of ether oxygens (including phenoxy) is 2. The fourth-order valence-electron chi connectivity index (χ4n) is 5.37. The van der Waals surface area contributed by atoms with E-state index in [1.54, 1.807) is 54.5 Å². The van der Waals surface area contributed by atoms with Crippen molar-refractivity contribution in [3.8, 4) is 16.9 Å². The minimum absolute atomic E-state index is 0.0360. The zero-order valence-electron chi connectivity index (χ0n) is 24.4. The van der Waals surface area contributed by atoms with E-state index in [0.29, 0.717) is 47.6 Å². The molecule has 0 saturated carbocycles. The van der Waals surface area contributed by atoms with E-state index in [-0.39, 0.29) is 23.9 Å². The second-order valence-corrected chi connectivity index (χ2v) is 10.5. The number of fused-ring (bicyclic) bond motifs is 1. The number of aliphatic hydroxyl groups is 1. The molecule has 0 unspecified atom stereocenters. The summed E-state index contributed by atoms with van der Waals surface area (Å²) in [6.07, 6.45) is 1.47. The van der Waals surface area contributed by atoms with Gasteiger partial charge in [0.1, 0.15) is 11.9 Å². The number of methoxy groups -OCH3 is 1. The number of anilines is 1. The lowest BCUT2D eigenvalue weighted by Crippen LogP contribution is -2.56. The standard InChI is InChI=1S/C30H32F2N6O6/c1-18-16-36(10-11-37(18)28(42)24(39)13-26(40)43-3)30-33-14-21(15-34-30)19-8-9-22-23(12-19)38(35(2)27(22)41)17-20-6-4-5-7-25(20)44-29(31)32/h4-9,12,14-15,18,24,29,39H,10-11,13,16-17H2,1-3H3/t18-,24+/m1/s1. The molecule has 1 fully saturated rings. The van der Waals surface area contributed by atoms with Crippen LogP contribution in [0.15, 0.2) is 59.7 Å². The van der Waals surface area contributed by atoms with Crippen LogP contribution in [0.3, 0.4) is 0 Å². The van der Waals surface area contributed by atoms with Gasteiger partial charge in [-0.1, -0.05) is 24.3 Å². The van der Waals surface area contributed by atoms with Crippen LogP contribution in [0, 0.1) is 0 Å². The molecule has 4 aromatic rings. The number of piperazine rings is 1. The SMILES string of the molecule is COC(=O)C[C@H](O)C(=O)N1CCN(c2ncc(-c3ccc4c(=O)n(C)n(Cc5ccccc5OC(F)F)c4c3)cn2)C[C@H]1C. The summed E-state index contributed by atoms with van der Waals surface area (Å²) < 4.78 is 38.3. The molecule has 2 atom stereocenters. The van der Waals surface area contributed by atoms with Crippen LogP contribution in [0.1, 0.15) is 18.9 Å². The maximum Gasteiger partial charge on any atom is 0.387 e. The zero-order valence-corrected chi connectivity index (χ0v) is 24.4. The number of benzene rings is 2. The summed E-state index contributed by atoms with van der Waals surface area (Å²) in [6.45, 7) is 0.168. The number of para-hydroxylation sites is 1. The molecule has 1 aliphatic rings. The monoisotopic (exact) mass is 610 g/mol. The third kappa shape index (κ3) is 6.25. The van der Waals surface area contributed by atoms with Gasteiger partial charge >= 0.3 is 12.6 Å². The quantitative estimate of drug-likeness (QED) is 0.284. The number of halogens is 2. The summed E-state index contributed by atoms with van der Waals surface area (Å²) in [6, 6.07) is 11.5. The van der Waals surface area contributed by atoms with Crippen molar-refractivity contribution in [1.29, 1.82) is 0 Å². The number of esters is 1. The van der Waals surface area contributed by atoms with E-state index in [2.05, 4.69) is 19.4 Å². The Morgan fingerprint density at radius 2 is 1.82 bits per heavy atom. The van der Waals surface area contributed by atoms with Crippen molar-refractivity contribution < 1.29 is 33.0 Å². The molecule has 14 heteroatoms. The fraction of sp³-hybridized carbons (Fsp3) is 0.367. The Morgan fingerprint density at radius 1 is 1.09 bits per heavy atom. The summed E-state index contributed by atoms with van der Waals surface area (Å²) in [5.41, 5.74) is 2.33. The van der Waals surface area contributed by atoms with E-state index in [4.69, 9.17) is 0 Å². The fourth-order valence-corrected chi connectivity index (χ4v) is 5.37. The predicted molar refractivity (Wildman–Crippen MR) is 156 cm³/mol. The van der Waals surface area contributed by atoms with Crippen LogP contribution in [-0.2, 0) is 27.9 Å². The van der Waals surface area contributed by atoms with E-state index >= 15 is 0 Å². The lowest BCUT2D eigenvalue weighted by atomic mass is 10.1. The molecular weight excluding hydrogens is 578 g/mol. The van der Waals surface area contributed by atoms with Crippen molar-refractivity contribution in [1.82, 2.24) is 24.2 Å². The number of hydrogen-bond donors (Lipinski definition) is 1. The maximum absolute atomic E-state index is 13.0. The van der Waals surface area contributed by atoms with Gasteiger partial charge in [-0.25, -0.2) is 9.97 Å². The van der Waals surface area contributed by atoms with Crippen molar-refractivity contribution >= 4 is 28.7 Å². The van der Waals surface area contributed by atoms with Crippen molar-refractivity contribution in [2.45, 2.75) is 38.6 Å². The number of aliphatic hydroxyl groups excluding tert-OH is 1. The van der Waals surface area contributed by atoms with Crippen LogP contribution < -0.4 is 15.2 Å². The first kappa shape index (κ1) is 30.6. The highest BCUT2D eigenvalue weighted by Crippen LogP contribution is 2.27. The summed E-state index contributed by atoms with van der Waals surface area (Å²) in [5.74, 6) is -0.686. The van der Waals surface area contributed by atoms with Gasteiger partial charge in [0.15, 0.2) is 0 Å². The van der Waals surface area contributed by atoms with Crippen LogP contribution in [0.5, 0.6) is 5.75 Å². The molecule has 1 amide bonds. The third-order valence-electron chi connectivity index (χ3n) is 7.71. The van der Waals surface area contributed by atoms with Gasteiger partial charge in [-0.05, 0) is 30.7 Å². The lowest BCUT2D eigenvalue weighted by Gasteiger charge is -2.40. The van der Waals surface area contributed by atoms with Crippen LogP contribution >= 0.6 is 0 Å². The summed E-state index contributed by atoms with van der Waals surface area (Å²) in [5, 5.41) is 10.6. The van der Waals surface area contributed by atoms with Gasteiger partial charge in [0.25, 0.3) is 11.5 Å². The highest BCUT2D eigenvalue weighted by atomic mass is 19.3. The van der Waals surface area contributed by atoms with E-state index in [0.717, 1.165) is 5.56 Å². The first-order valence-corrected chi connectivity index (χ1v) is 13.9. The highest BCUT2D eigenvalue weighted by Gasteiger charge is 2.33. The average molecular weight is 611 g/mol. The Labute approximate surface area is 251 Å². The van der Waals surface area contributed by atoms with E-state index < -0.39 is 31.0 Å². The lowest BCUT2D eigenvalue weighted by molar-refractivity contribution is -0.151. The van der Waals surface area contributed by atoms with Crippen LogP contribution in [0.4, 0.5) is 14.7 Å². The number of carbonyl (C=O) groups is 2. The molecule has 5 rings (SSSR count). The first-order valence-electron chi connectivity index (χ1n) is 13.9. The van der Waals surface area contributed by atoms with Gasteiger partial charge in [-0.3, -0.25) is 23.7 Å². The van der Waals surface area contributed by atoms with Gasteiger partial charge in [0.2, 0.25) is 5.95 Å². The van der Waals surface area contributed by atoms with Gasteiger partial charge in [-0.15, -0.1) is 0 Å². The second kappa shape index (κ2) is 12.8. The Hall–Kier alpha value is -4.85. The molecule has 1 N–H and O–H groups in total. The molecule has 44 heavy (non-hydrogen) atoms. The Morgan fingerprint density at radius 3 is 2.50 bits per heavy atom. The Bertz CT molecular complexity index is 1720. The molecule has 12 nitrogen and oxygen atoms in total. The summed E-state index contributed by atoms with van der Waals surface area (Å²) in [7, 11) is 2.81. The highest BCUT2D eigenvalue weighted by molar-refractivity contribution is 5.86. The summed E-state index contributed by atoms with van der Waals surface area (Å²) >= 11 is 0. The maximum atomic E-state index is 13.0. The summed E-state index contributed by atoms with van der Waals surface area (Å²) in [4.78, 5) is 49.6. The van der Waals surface area contributed by atoms with Crippen molar-refractivity contribution in [2.24, 2.45) is 7.05 Å². The topological polar surface area (TPSA) is 132 Å². The van der Waals surface area contributed by atoms with Gasteiger partial charge < -0.3 is 24.4 Å². The number of hydrogen-bond acceptors (Lipinski definition) is 9. The predicted octanol–water partition coefficient (Wildman–Crippen LogP) is 2.41. The molecule has 0 spiro atoms. The first-order chi connectivity index (χ1) is 21.1. The van der Waals surface area contributed by atoms with Gasteiger partial charge in [0, 0.05) is 56.2 Å². The van der Waals surface area contributed by atoms with Crippen molar-refractivity contribution in [2.75, 3.05) is 31.6 Å². The zero-order chi connectivity index (χ0) is 31.5. The van der Waals surface area contributed by atoms with E-state index in [9.17, 15) is 28.3 Å². The Balaban J connectivity index is 1.34. The van der Waals surface area contributed by atoms with Crippen LogP contribution in [0.25, 0.3) is 22.0 Å². The number of alkyl halides is 2. The normalized spacial score (nSPS) is 15.9. The number of amides is 1. The van der Waals surface area contributed by atoms with Crippen molar-refractivity contribution in [3.63, 3.8) is 0 Å². The van der Waals surface area contributed by atoms with Crippen molar-refractivity contribution in [3.05, 3.63) is 70.8 Å². The van der Waals surface area contributed by atoms with Crippen LogP contribution in [0.2, 0.25) is 0 Å². The third-order valence-corrected chi connectivity index (χ3v) is 7.71. The molecule has 0 bridgehead atoms. The van der Waals surface area contributed by atoms with Crippen LogP contribution in [-0.4, -0.2) is 86.7 Å². The number of rotatable bonds is 9. The minimum Gasteiger partial charge on any atom is -0.469 e. The van der Waals surface area contributed by atoms with Gasteiger partial charge in [-0.2, -0.15) is 8.78 Å². The molecule has 1 saturated heterocycles.